The lowest BCUT2D eigenvalue weighted by atomic mass is 9.95. The Morgan fingerprint density at radius 2 is 1.92 bits per heavy atom. The van der Waals surface area contributed by atoms with Crippen LogP contribution in [-0.4, -0.2) is 25.6 Å². The topological polar surface area (TPSA) is 88.4 Å². The zero-order valence-electron chi connectivity index (χ0n) is 14.1. The number of amides is 1. The molecule has 6 heteroatoms. The zero-order chi connectivity index (χ0) is 17.5. The summed E-state index contributed by atoms with van der Waals surface area (Å²) in [4.78, 5) is 10.7. The number of nitrogens with two attached hydrogens (primary N) is 1. The second kappa shape index (κ2) is 8.62. The van der Waals surface area contributed by atoms with Crippen LogP contribution in [0.25, 0.3) is 0 Å². The van der Waals surface area contributed by atoms with Crippen molar-refractivity contribution in [2.24, 2.45) is 11.7 Å². The number of hydrazine groups is 1. The number of nitrogens with one attached hydrogen (secondary N) is 3. The molecule has 2 aromatic carbocycles. The fourth-order valence-corrected chi connectivity index (χ4v) is 3.00. The first-order chi connectivity index (χ1) is 12.2. The van der Waals surface area contributed by atoms with Gasteiger partial charge in [0.15, 0.2) is 6.61 Å². The molecule has 0 radical (unpaired) electrons. The Morgan fingerprint density at radius 3 is 2.64 bits per heavy atom. The van der Waals surface area contributed by atoms with E-state index >= 15 is 0 Å². The van der Waals surface area contributed by atoms with Crippen LogP contribution < -0.4 is 26.6 Å². The number of hydrogen-bond donors (Lipinski definition) is 4. The van der Waals surface area contributed by atoms with Crippen LogP contribution in [0.5, 0.6) is 5.75 Å². The normalized spacial score (nSPS) is 19.7. The average Bonchev–Trinajstić information content (AvgIpc) is 3.10. The summed E-state index contributed by atoms with van der Waals surface area (Å²) in [5.41, 5.74) is 14.1. The molecule has 0 saturated carbocycles. The van der Waals surface area contributed by atoms with E-state index in [0.29, 0.717) is 17.7 Å². The summed E-state index contributed by atoms with van der Waals surface area (Å²) in [5, 5.41) is 3.52. The predicted molar refractivity (Wildman–Crippen MR) is 96.6 cm³/mol. The van der Waals surface area contributed by atoms with Gasteiger partial charge >= 0.3 is 0 Å². The second-order valence-electron chi connectivity index (χ2n) is 6.20. The van der Waals surface area contributed by atoms with Crippen molar-refractivity contribution in [3.05, 3.63) is 65.7 Å². The maximum absolute atomic E-state index is 10.7. The summed E-state index contributed by atoms with van der Waals surface area (Å²) >= 11 is 0. The van der Waals surface area contributed by atoms with E-state index in [2.05, 4.69) is 40.4 Å². The Morgan fingerprint density at radius 1 is 1.16 bits per heavy atom. The zero-order valence-corrected chi connectivity index (χ0v) is 14.1. The van der Waals surface area contributed by atoms with Crippen LogP contribution in [0.1, 0.15) is 17.2 Å². The van der Waals surface area contributed by atoms with Crippen LogP contribution in [-0.2, 0) is 11.3 Å². The average molecular weight is 340 g/mol. The maximum Gasteiger partial charge on any atom is 0.255 e. The standard InChI is InChI=1S/C19H24N4O2/c20-18(24)13-25-17-8-6-14(7-9-17)10-21-11-16-12-22-23-19(16)15-4-2-1-3-5-15/h1-9,16,19,21-23H,10-13H2,(H2,20,24). The molecule has 0 bridgehead atoms. The van der Waals surface area contributed by atoms with Gasteiger partial charge in [0, 0.05) is 25.6 Å². The Hall–Kier alpha value is -2.41. The number of rotatable bonds is 8. The van der Waals surface area contributed by atoms with Crippen molar-refractivity contribution in [3.8, 4) is 5.75 Å². The summed E-state index contributed by atoms with van der Waals surface area (Å²) in [6, 6.07) is 18.5. The fourth-order valence-electron chi connectivity index (χ4n) is 3.00. The highest BCUT2D eigenvalue weighted by Gasteiger charge is 2.27. The molecule has 3 rings (SSSR count). The molecule has 2 atom stereocenters. The molecule has 2 unspecified atom stereocenters. The van der Waals surface area contributed by atoms with E-state index in [-0.39, 0.29) is 6.61 Å². The molecule has 1 saturated heterocycles. The molecule has 1 aliphatic heterocycles. The first kappa shape index (κ1) is 17.4. The molecule has 132 valence electrons. The van der Waals surface area contributed by atoms with Gasteiger partial charge in [0.1, 0.15) is 5.75 Å². The highest BCUT2D eigenvalue weighted by Crippen LogP contribution is 2.24. The van der Waals surface area contributed by atoms with Gasteiger partial charge < -0.3 is 15.8 Å². The highest BCUT2D eigenvalue weighted by atomic mass is 16.5. The van der Waals surface area contributed by atoms with Gasteiger partial charge in [0.25, 0.3) is 5.91 Å². The minimum Gasteiger partial charge on any atom is -0.484 e. The van der Waals surface area contributed by atoms with Crippen molar-refractivity contribution in [1.82, 2.24) is 16.2 Å². The van der Waals surface area contributed by atoms with Gasteiger partial charge in [0.05, 0.1) is 6.04 Å². The molecule has 1 amide bonds. The second-order valence-corrected chi connectivity index (χ2v) is 6.20. The van der Waals surface area contributed by atoms with E-state index in [0.717, 1.165) is 19.6 Å². The van der Waals surface area contributed by atoms with Crippen molar-refractivity contribution in [3.63, 3.8) is 0 Å². The smallest absolute Gasteiger partial charge is 0.255 e. The molecular formula is C19H24N4O2. The van der Waals surface area contributed by atoms with Crippen LogP contribution >= 0.6 is 0 Å². The van der Waals surface area contributed by atoms with Crippen LogP contribution in [0.4, 0.5) is 0 Å². The molecule has 1 fully saturated rings. The van der Waals surface area contributed by atoms with Crippen LogP contribution in [0, 0.1) is 5.92 Å². The number of hydrogen-bond acceptors (Lipinski definition) is 5. The van der Waals surface area contributed by atoms with E-state index in [1.165, 1.54) is 11.1 Å². The quantitative estimate of drug-likeness (QED) is 0.578. The van der Waals surface area contributed by atoms with Crippen molar-refractivity contribution >= 4 is 5.91 Å². The summed E-state index contributed by atoms with van der Waals surface area (Å²) in [6.07, 6.45) is 0. The third-order valence-electron chi connectivity index (χ3n) is 4.29. The Kier molecular flexibility index (Phi) is 6.00. The number of carbonyl (C=O) groups excluding carboxylic acids is 1. The van der Waals surface area contributed by atoms with Gasteiger partial charge in [0.2, 0.25) is 0 Å². The number of carbonyl (C=O) groups is 1. The molecular weight excluding hydrogens is 316 g/mol. The number of ether oxygens (including phenoxy) is 1. The lowest BCUT2D eigenvalue weighted by Gasteiger charge is -2.19. The highest BCUT2D eigenvalue weighted by molar-refractivity contribution is 5.75. The summed E-state index contributed by atoms with van der Waals surface area (Å²) in [5.74, 6) is 0.661. The number of benzene rings is 2. The van der Waals surface area contributed by atoms with Gasteiger partial charge in [-0.3, -0.25) is 10.2 Å². The van der Waals surface area contributed by atoms with E-state index in [9.17, 15) is 4.79 Å². The number of primary amides is 1. The lowest BCUT2D eigenvalue weighted by Crippen LogP contribution is -2.28. The third-order valence-corrected chi connectivity index (χ3v) is 4.29. The van der Waals surface area contributed by atoms with Gasteiger partial charge in [-0.05, 0) is 23.3 Å². The summed E-state index contributed by atoms with van der Waals surface area (Å²) in [6.45, 7) is 2.54. The SMILES string of the molecule is NC(=O)COc1ccc(CNCC2CNNC2c2ccccc2)cc1. The summed E-state index contributed by atoms with van der Waals surface area (Å²) < 4.78 is 5.26. The molecule has 5 N–H and O–H groups in total. The van der Waals surface area contributed by atoms with Gasteiger partial charge in [-0.1, -0.05) is 42.5 Å². The molecule has 0 aliphatic carbocycles. The molecule has 1 aliphatic rings. The Bertz CT molecular complexity index is 676. The monoisotopic (exact) mass is 340 g/mol. The fraction of sp³-hybridized carbons (Fsp3) is 0.316. The lowest BCUT2D eigenvalue weighted by molar-refractivity contribution is -0.119. The first-order valence-corrected chi connectivity index (χ1v) is 8.46. The van der Waals surface area contributed by atoms with E-state index < -0.39 is 5.91 Å². The molecule has 0 aromatic heterocycles. The van der Waals surface area contributed by atoms with E-state index in [4.69, 9.17) is 10.5 Å². The van der Waals surface area contributed by atoms with Crippen molar-refractivity contribution in [2.75, 3.05) is 19.7 Å². The van der Waals surface area contributed by atoms with E-state index in [1.807, 2.05) is 30.3 Å². The van der Waals surface area contributed by atoms with Crippen LogP contribution in [0.3, 0.4) is 0 Å². The molecule has 0 spiro atoms. The molecule has 25 heavy (non-hydrogen) atoms. The summed E-state index contributed by atoms with van der Waals surface area (Å²) in [7, 11) is 0. The molecule has 1 heterocycles. The molecule has 6 nitrogen and oxygen atoms in total. The minimum absolute atomic E-state index is 0.0971. The van der Waals surface area contributed by atoms with Gasteiger partial charge in [-0.2, -0.15) is 0 Å². The maximum atomic E-state index is 10.7. The van der Waals surface area contributed by atoms with Crippen molar-refractivity contribution < 1.29 is 9.53 Å². The third kappa shape index (κ3) is 5.03. The van der Waals surface area contributed by atoms with Crippen molar-refractivity contribution in [2.45, 2.75) is 12.6 Å². The van der Waals surface area contributed by atoms with E-state index in [1.54, 1.807) is 0 Å². The molecule has 2 aromatic rings. The van der Waals surface area contributed by atoms with Gasteiger partial charge in [-0.25, -0.2) is 5.43 Å². The largest absolute Gasteiger partial charge is 0.484 e. The van der Waals surface area contributed by atoms with Crippen molar-refractivity contribution in [1.29, 1.82) is 0 Å². The minimum atomic E-state index is -0.475. The first-order valence-electron chi connectivity index (χ1n) is 8.46. The van der Waals surface area contributed by atoms with Gasteiger partial charge in [-0.15, -0.1) is 0 Å². The van der Waals surface area contributed by atoms with Crippen LogP contribution in [0.15, 0.2) is 54.6 Å². The predicted octanol–water partition coefficient (Wildman–Crippen LogP) is 1.11. The van der Waals surface area contributed by atoms with Crippen LogP contribution in [0.2, 0.25) is 0 Å². The Labute approximate surface area is 147 Å². The Balaban J connectivity index is 1.46.